The summed E-state index contributed by atoms with van der Waals surface area (Å²) in [5.41, 5.74) is 5.87. The minimum atomic E-state index is -0.430. The normalized spacial score (nSPS) is 19.6. The summed E-state index contributed by atoms with van der Waals surface area (Å²) in [5, 5.41) is 2.73. The molecular formula is C10H17BrN2O2. The number of nitrogens with one attached hydrogen (secondary N) is 1. The molecule has 0 aromatic heterocycles. The Hall–Kier alpha value is -0.390. The highest BCUT2D eigenvalue weighted by Crippen LogP contribution is 2.17. The highest BCUT2D eigenvalue weighted by atomic mass is 79.9. The minimum absolute atomic E-state index is 0.109. The van der Waals surface area contributed by atoms with Gasteiger partial charge in [0.15, 0.2) is 0 Å². The maximum Gasteiger partial charge on any atom is 0.237 e. The molecule has 1 heterocycles. The van der Waals surface area contributed by atoms with Gasteiger partial charge in [0.1, 0.15) is 0 Å². The van der Waals surface area contributed by atoms with Crippen LogP contribution in [0.4, 0.5) is 0 Å². The Bertz CT molecular complexity index is 240. The van der Waals surface area contributed by atoms with Crippen LogP contribution in [0.25, 0.3) is 0 Å². The predicted molar refractivity (Wildman–Crippen MR) is 62.6 cm³/mol. The van der Waals surface area contributed by atoms with E-state index in [4.69, 9.17) is 10.5 Å². The average molecular weight is 277 g/mol. The van der Waals surface area contributed by atoms with Crippen LogP contribution in [0.2, 0.25) is 0 Å². The van der Waals surface area contributed by atoms with Gasteiger partial charge in [0.2, 0.25) is 5.91 Å². The second-order valence-corrected chi connectivity index (χ2v) is 4.83. The molecule has 0 bridgehead atoms. The van der Waals surface area contributed by atoms with E-state index in [0.717, 1.165) is 17.3 Å². The standard InChI is InChI=1S/C10H17BrN2O2/c1-7(11)6-13-10(14)9(12)8-2-4-15-5-3-8/h8-9H,1-6,12H2,(H,13,14). The van der Waals surface area contributed by atoms with E-state index in [9.17, 15) is 4.79 Å². The summed E-state index contributed by atoms with van der Waals surface area (Å²) in [6, 6.07) is -0.430. The summed E-state index contributed by atoms with van der Waals surface area (Å²) < 4.78 is 5.96. The van der Waals surface area contributed by atoms with Crippen molar-refractivity contribution >= 4 is 21.8 Å². The maximum atomic E-state index is 11.6. The molecule has 0 saturated carbocycles. The summed E-state index contributed by atoms with van der Waals surface area (Å²) in [5.74, 6) is 0.129. The van der Waals surface area contributed by atoms with Crippen molar-refractivity contribution in [1.29, 1.82) is 0 Å². The third-order valence-corrected chi connectivity index (χ3v) is 2.81. The third kappa shape index (κ3) is 4.32. The van der Waals surface area contributed by atoms with Crippen LogP contribution in [0.3, 0.4) is 0 Å². The lowest BCUT2D eigenvalue weighted by Crippen LogP contribution is -2.47. The van der Waals surface area contributed by atoms with Crippen LogP contribution >= 0.6 is 15.9 Å². The lowest BCUT2D eigenvalue weighted by atomic mass is 9.92. The molecule has 15 heavy (non-hydrogen) atoms. The van der Waals surface area contributed by atoms with Gasteiger partial charge in [0.25, 0.3) is 0 Å². The number of carbonyl (C=O) groups excluding carboxylic acids is 1. The molecule has 1 aliphatic heterocycles. The first-order valence-corrected chi connectivity index (χ1v) is 5.85. The van der Waals surface area contributed by atoms with Crippen LogP contribution in [0.15, 0.2) is 11.1 Å². The van der Waals surface area contributed by atoms with Gasteiger partial charge in [0, 0.05) is 24.2 Å². The van der Waals surface area contributed by atoms with Gasteiger partial charge in [-0.05, 0) is 18.8 Å². The maximum absolute atomic E-state index is 11.6. The van der Waals surface area contributed by atoms with Gasteiger partial charge in [-0.2, -0.15) is 0 Å². The topological polar surface area (TPSA) is 64.4 Å². The molecule has 1 unspecified atom stereocenters. The second kappa shape index (κ2) is 6.25. The highest BCUT2D eigenvalue weighted by Gasteiger charge is 2.26. The van der Waals surface area contributed by atoms with E-state index in [0.29, 0.717) is 19.8 Å². The Morgan fingerprint density at radius 3 is 2.73 bits per heavy atom. The molecule has 1 saturated heterocycles. The number of hydrogen-bond donors (Lipinski definition) is 2. The average Bonchev–Trinajstić information content (AvgIpc) is 2.26. The van der Waals surface area contributed by atoms with Crippen LogP contribution < -0.4 is 11.1 Å². The van der Waals surface area contributed by atoms with Crippen LogP contribution in [0.5, 0.6) is 0 Å². The number of nitrogens with two attached hydrogens (primary N) is 1. The summed E-state index contributed by atoms with van der Waals surface area (Å²) in [6.45, 7) is 5.48. The summed E-state index contributed by atoms with van der Waals surface area (Å²) >= 11 is 3.18. The van der Waals surface area contributed by atoms with E-state index in [2.05, 4.69) is 27.8 Å². The smallest absolute Gasteiger partial charge is 0.237 e. The second-order valence-electron chi connectivity index (χ2n) is 3.71. The zero-order chi connectivity index (χ0) is 11.3. The summed E-state index contributed by atoms with van der Waals surface area (Å²) in [6.07, 6.45) is 1.73. The summed E-state index contributed by atoms with van der Waals surface area (Å²) in [4.78, 5) is 11.6. The van der Waals surface area contributed by atoms with Gasteiger partial charge in [0.05, 0.1) is 6.04 Å². The Morgan fingerprint density at radius 2 is 2.20 bits per heavy atom. The fraction of sp³-hybridized carbons (Fsp3) is 0.700. The largest absolute Gasteiger partial charge is 0.381 e. The van der Waals surface area contributed by atoms with Crippen LogP contribution in [0.1, 0.15) is 12.8 Å². The molecule has 3 N–H and O–H groups in total. The van der Waals surface area contributed by atoms with Crippen LogP contribution in [-0.2, 0) is 9.53 Å². The van der Waals surface area contributed by atoms with Gasteiger partial charge in [-0.3, -0.25) is 4.79 Å². The molecule has 86 valence electrons. The molecule has 1 rings (SSSR count). The number of amides is 1. The lowest BCUT2D eigenvalue weighted by Gasteiger charge is -2.26. The third-order valence-electron chi connectivity index (χ3n) is 2.53. The van der Waals surface area contributed by atoms with E-state index in [1.165, 1.54) is 0 Å². The van der Waals surface area contributed by atoms with E-state index < -0.39 is 6.04 Å². The Labute approximate surface area is 98.4 Å². The monoisotopic (exact) mass is 276 g/mol. The molecule has 0 spiro atoms. The number of carbonyl (C=O) groups is 1. The SMILES string of the molecule is C=C(Br)CNC(=O)C(N)C1CCOCC1. The molecule has 0 aromatic carbocycles. The first-order valence-electron chi connectivity index (χ1n) is 5.05. The Kier molecular flexibility index (Phi) is 5.28. The number of ether oxygens (including phenoxy) is 1. The van der Waals surface area contributed by atoms with Gasteiger partial charge >= 0.3 is 0 Å². The van der Waals surface area contributed by atoms with Crippen molar-refractivity contribution in [3.63, 3.8) is 0 Å². The van der Waals surface area contributed by atoms with E-state index in [1.54, 1.807) is 0 Å². The molecule has 5 heteroatoms. The molecule has 0 aliphatic carbocycles. The van der Waals surface area contributed by atoms with Crippen LogP contribution in [-0.4, -0.2) is 31.7 Å². The first-order chi connectivity index (χ1) is 7.11. The fourth-order valence-electron chi connectivity index (χ4n) is 1.59. The highest BCUT2D eigenvalue weighted by molar-refractivity contribution is 9.11. The van der Waals surface area contributed by atoms with Crippen molar-refractivity contribution in [3.05, 3.63) is 11.1 Å². The van der Waals surface area contributed by atoms with Crippen LogP contribution in [0, 0.1) is 5.92 Å². The van der Waals surface area contributed by atoms with Crippen molar-refractivity contribution in [2.45, 2.75) is 18.9 Å². The fourth-order valence-corrected chi connectivity index (χ4v) is 1.73. The first kappa shape index (κ1) is 12.7. The molecular weight excluding hydrogens is 260 g/mol. The zero-order valence-corrected chi connectivity index (χ0v) is 10.3. The minimum Gasteiger partial charge on any atom is -0.381 e. The van der Waals surface area contributed by atoms with Crippen molar-refractivity contribution in [3.8, 4) is 0 Å². The van der Waals surface area contributed by atoms with Gasteiger partial charge in [-0.25, -0.2) is 0 Å². The van der Waals surface area contributed by atoms with Gasteiger partial charge < -0.3 is 15.8 Å². The van der Waals surface area contributed by atoms with Gasteiger partial charge in [-0.1, -0.05) is 22.5 Å². The Morgan fingerprint density at radius 1 is 1.60 bits per heavy atom. The molecule has 0 radical (unpaired) electrons. The molecule has 1 amide bonds. The van der Waals surface area contributed by atoms with E-state index >= 15 is 0 Å². The molecule has 4 nitrogen and oxygen atoms in total. The molecule has 1 aliphatic rings. The van der Waals surface area contributed by atoms with Gasteiger partial charge in [-0.15, -0.1) is 0 Å². The Balaban J connectivity index is 2.33. The lowest BCUT2D eigenvalue weighted by molar-refractivity contribution is -0.124. The molecule has 1 atom stereocenters. The summed E-state index contributed by atoms with van der Waals surface area (Å²) in [7, 11) is 0. The van der Waals surface area contributed by atoms with Crippen molar-refractivity contribution in [1.82, 2.24) is 5.32 Å². The predicted octanol–water partition coefficient (Wildman–Crippen LogP) is 0.765. The van der Waals surface area contributed by atoms with Crippen molar-refractivity contribution in [2.75, 3.05) is 19.8 Å². The quantitative estimate of drug-likeness (QED) is 0.797. The van der Waals surface area contributed by atoms with Crippen molar-refractivity contribution in [2.24, 2.45) is 11.7 Å². The molecule has 1 fully saturated rings. The van der Waals surface area contributed by atoms with E-state index in [1.807, 2.05) is 0 Å². The number of rotatable bonds is 4. The van der Waals surface area contributed by atoms with Crippen molar-refractivity contribution < 1.29 is 9.53 Å². The molecule has 0 aromatic rings. The number of hydrogen-bond acceptors (Lipinski definition) is 3. The zero-order valence-electron chi connectivity index (χ0n) is 8.67. The number of halogens is 1. The van der Waals surface area contributed by atoms with E-state index in [-0.39, 0.29) is 11.8 Å².